The van der Waals surface area contributed by atoms with E-state index in [2.05, 4.69) is 13.8 Å². The number of rotatable bonds is 9. The molecule has 1 aliphatic heterocycles. The molecule has 5 nitrogen and oxygen atoms in total. The fourth-order valence-electron chi connectivity index (χ4n) is 2.57. The highest BCUT2D eigenvalue weighted by molar-refractivity contribution is 6.14. The summed E-state index contributed by atoms with van der Waals surface area (Å²) in [5, 5.41) is 0. The third-order valence-electron chi connectivity index (χ3n) is 4.09. The Hall–Kier alpha value is -1.39. The lowest BCUT2D eigenvalue weighted by Crippen LogP contribution is -2.56. The molecule has 0 bridgehead atoms. The van der Waals surface area contributed by atoms with Crippen LogP contribution >= 0.6 is 0 Å². The number of barbiturate groups is 1. The molecule has 5 heteroatoms. The normalized spacial score (nSPS) is 17.6. The van der Waals surface area contributed by atoms with Gasteiger partial charge in [-0.3, -0.25) is 19.4 Å². The smallest absolute Gasteiger partial charge is 0.274 e. The van der Waals surface area contributed by atoms with E-state index < -0.39 is 6.03 Å². The van der Waals surface area contributed by atoms with Crippen LogP contribution in [0.4, 0.5) is 4.79 Å². The maximum absolute atomic E-state index is 12.4. The summed E-state index contributed by atoms with van der Waals surface area (Å²) in [5.74, 6) is -0.358. The zero-order valence-electron chi connectivity index (χ0n) is 13.6. The van der Waals surface area contributed by atoms with Crippen LogP contribution in [0.25, 0.3) is 0 Å². The van der Waals surface area contributed by atoms with Gasteiger partial charge in [0.25, 0.3) is 0 Å². The van der Waals surface area contributed by atoms with E-state index in [1.807, 2.05) is 6.92 Å². The Morgan fingerprint density at radius 2 is 1.57 bits per heavy atom. The highest BCUT2D eigenvalue weighted by Gasteiger charge is 2.37. The summed E-state index contributed by atoms with van der Waals surface area (Å²) in [4.78, 5) is 38.8. The largest absolute Gasteiger partial charge is 0.333 e. The summed E-state index contributed by atoms with van der Waals surface area (Å²) >= 11 is 0. The topological polar surface area (TPSA) is 57.7 Å². The third-order valence-corrected chi connectivity index (χ3v) is 4.09. The Labute approximate surface area is 127 Å². The van der Waals surface area contributed by atoms with E-state index in [9.17, 15) is 14.4 Å². The summed E-state index contributed by atoms with van der Waals surface area (Å²) in [7, 11) is 0. The van der Waals surface area contributed by atoms with Crippen LogP contribution in [0.3, 0.4) is 0 Å². The molecule has 0 spiro atoms. The van der Waals surface area contributed by atoms with Gasteiger partial charge in [-0.2, -0.15) is 0 Å². The lowest BCUT2D eigenvalue weighted by Gasteiger charge is -2.34. The van der Waals surface area contributed by atoms with E-state index in [0.717, 1.165) is 38.5 Å². The molecule has 21 heavy (non-hydrogen) atoms. The van der Waals surface area contributed by atoms with Gasteiger partial charge in [-0.15, -0.1) is 0 Å². The van der Waals surface area contributed by atoms with Crippen LogP contribution in [0.15, 0.2) is 0 Å². The Bertz CT molecular complexity index is 382. The summed E-state index contributed by atoms with van der Waals surface area (Å²) in [6, 6.07) is -0.417. The number of urea groups is 1. The Kier molecular flexibility index (Phi) is 7.40. The van der Waals surface area contributed by atoms with Crippen LogP contribution in [0.5, 0.6) is 0 Å². The van der Waals surface area contributed by atoms with Gasteiger partial charge in [0.05, 0.1) is 0 Å². The van der Waals surface area contributed by atoms with Gasteiger partial charge in [-0.1, -0.05) is 46.5 Å². The van der Waals surface area contributed by atoms with Crippen molar-refractivity contribution in [1.82, 2.24) is 9.80 Å². The van der Waals surface area contributed by atoms with Crippen molar-refractivity contribution in [2.45, 2.75) is 65.7 Å². The van der Waals surface area contributed by atoms with Gasteiger partial charge < -0.3 is 0 Å². The molecule has 1 aliphatic rings. The van der Waals surface area contributed by atoms with Crippen LogP contribution in [0.2, 0.25) is 0 Å². The molecular weight excluding hydrogens is 268 g/mol. The first-order valence-corrected chi connectivity index (χ1v) is 8.19. The van der Waals surface area contributed by atoms with E-state index in [-0.39, 0.29) is 18.2 Å². The van der Waals surface area contributed by atoms with Crippen molar-refractivity contribution < 1.29 is 14.4 Å². The maximum Gasteiger partial charge on any atom is 0.333 e. The van der Waals surface area contributed by atoms with Gasteiger partial charge >= 0.3 is 6.03 Å². The quantitative estimate of drug-likeness (QED) is 0.614. The number of carbonyl (C=O) groups excluding carboxylic acids is 3. The summed E-state index contributed by atoms with van der Waals surface area (Å²) in [6.07, 6.45) is 5.71. The third kappa shape index (κ3) is 4.83. The molecule has 1 fully saturated rings. The molecule has 0 aromatic rings. The number of nitrogens with zero attached hydrogens (tertiary/aromatic N) is 2. The second-order valence-corrected chi connectivity index (χ2v) is 5.78. The van der Waals surface area contributed by atoms with Gasteiger partial charge in [-0.25, -0.2) is 4.79 Å². The fraction of sp³-hybridized carbons (Fsp3) is 0.812. The Morgan fingerprint density at radius 3 is 2.14 bits per heavy atom. The zero-order chi connectivity index (χ0) is 15.8. The number of amides is 4. The van der Waals surface area contributed by atoms with Crippen LogP contribution in [0, 0.1) is 5.92 Å². The molecule has 0 saturated carbocycles. The molecule has 0 N–H and O–H groups in total. The predicted octanol–water partition coefficient (Wildman–Crippen LogP) is 3.18. The average molecular weight is 296 g/mol. The molecule has 0 radical (unpaired) electrons. The van der Waals surface area contributed by atoms with Gasteiger partial charge in [0.15, 0.2) is 0 Å². The molecule has 0 aromatic carbocycles. The summed E-state index contributed by atoms with van der Waals surface area (Å²) < 4.78 is 0. The number of unbranched alkanes of at least 4 members (excludes halogenated alkanes) is 2. The van der Waals surface area contributed by atoms with Crippen LogP contribution in [-0.4, -0.2) is 40.7 Å². The summed E-state index contributed by atoms with van der Waals surface area (Å²) in [5.41, 5.74) is 0. The van der Waals surface area contributed by atoms with Crippen molar-refractivity contribution in [1.29, 1.82) is 0 Å². The van der Waals surface area contributed by atoms with E-state index in [1.54, 1.807) is 0 Å². The lowest BCUT2D eigenvalue weighted by molar-refractivity contribution is -0.142. The monoisotopic (exact) mass is 296 g/mol. The first-order valence-electron chi connectivity index (χ1n) is 8.19. The highest BCUT2D eigenvalue weighted by atomic mass is 16.2. The van der Waals surface area contributed by atoms with Crippen LogP contribution < -0.4 is 0 Å². The van der Waals surface area contributed by atoms with Crippen molar-refractivity contribution in [2.75, 3.05) is 13.1 Å². The van der Waals surface area contributed by atoms with Gasteiger partial charge in [0.1, 0.15) is 6.42 Å². The molecule has 0 aliphatic carbocycles. The zero-order valence-corrected chi connectivity index (χ0v) is 13.6. The van der Waals surface area contributed by atoms with Gasteiger partial charge in [0.2, 0.25) is 11.8 Å². The SMILES string of the molecule is CCCCC(CC)CN1C(=O)CC(=O)N(CCCC)C1=O. The van der Waals surface area contributed by atoms with Crippen molar-refractivity contribution in [3.05, 3.63) is 0 Å². The standard InChI is InChI=1S/C16H28N2O3/c1-4-7-9-13(6-3)12-18-15(20)11-14(19)17(16(18)21)10-8-5-2/h13H,4-12H2,1-3H3. The maximum atomic E-state index is 12.4. The predicted molar refractivity (Wildman–Crippen MR) is 81.7 cm³/mol. The van der Waals surface area contributed by atoms with E-state index in [1.165, 1.54) is 9.80 Å². The first kappa shape index (κ1) is 17.7. The van der Waals surface area contributed by atoms with Crippen molar-refractivity contribution in [2.24, 2.45) is 5.92 Å². The minimum absolute atomic E-state index is 0.167. The molecule has 1 rings (SSSR count). The minimum Gasteiger partial charge on any atom is -0.274 e. The molecule has 120 valence electrons. The second-order valence-electron chi connectivity index (χ2n) is 5.78. The highest BCUT2D eigenvalue weighted by Crippen LogP contribution is 2.19. The fourth-order valence-corrected chi connectivity index (χ4v) is 2.57. The molecule has 0 aromatic heterocycles. The first-order chi connectivity index (χ1) is 10.0. The number of hydrogen-bond donors (Lipinski definition) is 0. The van der Waals surface area contributed by atoms with Crippen molar-refractivity contribution in [3.63, 3.8) is 0 Å². The van der Waals surface area contributed by atoms with Crippen LogP contribution in [0.1, 0.15) is 65.7 Å². The van der Waals surface area contributed by atoms with Crippen molar-refractivity contribution in [3.8, 4) is 0 Å². The molecular formula is C16H28N2O3. The summed E-state index contributed by atoms with van der Waals surface area (Å²) in [6.45, 7) is 7.10. The average Bonchev–Trinajstić information content (AvgIpc) is 2.46. The van der Waals surface area contributed by atoms with E-state index in [0.29, 0.717) is 19.0 Å². The molecule has 4 amide bonds. The Balaban J connectivity index is 2.72. The van der Waals surface area contributed by atoms with E-state index >= 15 is 0 Å². The number of imide groups is 2. The van der Waals surface area contributed by atoms with Crippen LogP contribution in [-0.2, 0) is 9.59 Å². The van der Waals surface area contributed by atoms with Gasteiger partial charge in [0, 0.05) is 13.1 Å². The number of hydrogen-bond acceptors (Lipinski definition) is 3. The lowest BCUT2D eigenvalue weighted by atomic mass is 9.98. The van der Waals surface area contributed by atoms with Crippen molar-refractivity contribution >= 4 is 17.8 Å². The molecule has 1 unspecified atom stereocenters. The minimum atomic E-state index is -0.417. The molecule has 1 heterocycles. The van der Waals surface area contributed by atoms with Gasteiger partial charge in [-0.05, 0) is 18.8 Å². The molecule has 1 saturated heterocycles. The Morgan fingerprint density at radius 1 is 0.952 bits per heavy atom. The van der Waals surface area contributed by atoms with E-state index in [4.69, 9.17) is 0 Å². The second kappa shape index (κ2) is 8.80. The number of carbonyl (C=O) groups is 3. The molecule has 1 atom stereocenters.